The first-order chi connectivity index (χ1) is 9.32. The molecule has 20 heavy (non-hydrogen) atoms. The number of alkyl halides is 1. The summed E-state index contributed by atoms with van der Waals surface area (Å²) in [5, 5.41) is 3.15. The van der Waals surface area contributed by atoms with Crippen LogP contribution in [-0.2, 0) is 10.2 Å². The van der Waals surface area contributed by atoms with Gasteiger partial charge in [0.25, 0.3) is 0 Å². The van der Waals surface area contributed by atoms with E-state index >= 15 is 0 Å². The van der Waals surface area contributed by atoms with Crippen LogP contribution in [0.3, 0.4) is 0 Å². The van der Waals surface area contributed by atoms with Crippen LogP contribution in [0.15, 0.2) is 28.7 Å². The lowest BCUT2D eigenvalue weighted by atomic mass is 9.87. The number of hydrogen-bond donors (Lipinski definition) is 1. The largest absolute Gasteiger partial charge is 0.352 e. The minimum absolute atomic E-state index is 0.0309. The third kappa shape index (κ3) is 3.04. The molecule has 0 heterocycles. The highest BCUT2D eigenvalue weighted by Crippen LogP contribution is 2.51. The van der Waals surface area contributed by atoms with Gasteiger partial charge in [-0.15, -0.1) is 11.6 Å². The Hall–Kier alpha value is -0.540. The number of hydrogen-bond acceptors (Lipinski definition) is 1. The first-order valence-corrected chi connectivity index (χ1v) is 8.27. The Morgan fingerprint density at radius 1 is 1.40 bits per heavy atom. The Labute approximate surface area is 134 Å². The highest BCUT2D eigenvalue weighted by Gasteiger charge is 2.49. The van der Waals surface area contributed by atoms with E-state index in [2.05, 4.69) is 52.4 Å². The highest BCUT2D eigenvalue weighted by molar-refractivity contribution is 9.10. The van der Waals surface area contributed by atoms with Crippen molar-refractivity contribution in [2.75, 3.05) is 5.88 Å². The lowest BCUT2D eigenvalue weighted by molar-refractivity contribution is -0.129. The molecule has 1 fully saturated rings. The summed E-state index contributed by atoms with van der Waals surface area (Å²) >= 11 is 9.33. The molecule has 0 saturated heterocycles. The van der Waals surface area contributed by atoms with Crippen LogP contribution >= 0.6 is 27.5 Å². The molecule has 2 nitrogen and oxygen atoms in total. The predicted molar refractivity (Wildman–Crippen MR) is 87.2 cm³/mol. The maximum atomic E-state index is 12.3. The van der Waals surface area contributed by atoms with Crippen LogP contribution in [0.25, 0.3) is 0 Å². The Morgan fingerprint density at radius 3 is 2.40 bits per heavy atom. The van der Waals surface area contributed by atoms with E-state index in [1.807, 2.05) is 13.8 Å². The molecular formula is C16H21BrClNO. The molecule has 0 spiro atoms. The molecule has 4 heteroatoms. The fraction of sp³-hybridized carbons (Fsp3) is 0.562. The summed E-state index contributed by atoms with van der Waals surface area (Å²) in [5.74, 6) is 0.361. The lowest BCUT2D eigenvalue weighted by Crippen LogP contribution is -2.47. The van der Waals surface area contributed by atoms with E-state index < -0.39 is 5.41 Å². The SMILES string of the molecule is CC(NC(=O)C(C)(C)CCl)C1(c2ccc(Br)cc2)CC1. The van der Waals surface area contributed by atoms with Gasteiger partial charge >= 0.3 is 0 Å². The number of carbonyl (C=O) groups excluding carboxylic acids is 1. The number of amides is 1. The van der Waals surface area contributed by atoms with E-state index in [0.29, 0.717) is 5.88 Å². The van der Waals surface area contributed by atoms with Crippen LogP contribution in [0, 0.1) is 5.41 Å². The van der Waals surface area contributed by atoms with Crippen molar-refractivity contribution in [1.29, 1.82) is 0 Å². The highest BCUT2D eigenvalue weighted by atomic mass is 79.9. The Morgan fingerprint density at radius 2 is 1.95 bits per heavy atom. The Bertz CT molecular complexity index is 494. The molecule has 1 saturated carbocycles. The zero-order valence-corrected chi connectivity index (χ0v) is 14.5. The fourth-order valence-electron chi connectivity index (χ4n) is 2.48. The number of rotatable bonds is 5. The van der Waals surface area contributed by atoms with Gasteiger partial charge in [0.1, 0.15) is 0 Å². The van der Waals surface area contributed by atoms with Crippen LogP contribution in [0.5, 0.6) is 0 Å². The fourth-order valence-corrected chi connectivity index (χ4v) is 2.86. The van der Waals surface area contributed by atoms with Gasteiger partial charge in [0.15, 0.2) is 0 Å². The third-order valence-electron chi connectivity index (χ3n) is 4.33. The first kappa shape index (κ1) is 15.8. The molecule has 1 aromatic rings. The molecule has 0 aliphatic heterocycles. The molecule has 1 N–H and O–H groups in total. The number of halogens is 2. The van der Waals surface area contributed by atoms with Gasteiger partial charge < -0.3 is 5.32 Å². The lowest BCUT2D eigenvalue weighted by Gasteiger charge is -2.29. The molecule has 1 unspecified atom stereocenters. The second kappa shape index (κ2) is 5.69. The van der Waals surface area contributed by atoms with Gasteiger partial charge in [0.05, 0.1) is 5.41 Å². The van der Waals surface area contributed by atoms with Crippen molar-refractivity contribution in [1.82, 2.24) is 5.32 Å². The topological polar surface area (TPSA) is 29.1 Å². The molecule has 1 aliphatic rings. The average Bonchev–Trinajstić information content (AvgIpc) is 3.21. The zero-order chi connectivity index (χ0) is 15.0. The van der Waals surface area contributed by atoms with Crippen LogP contribution < -0.4 is 5.32 Å². The Kier molecular flexibility index (Phi) is 4.50. The van der Waals surface area contributed by atoms with E-state index in [-0.39, 0.29) is 17.4 Å². The smallest absolute Gasteiger partial charge is 0.227 e. The van der Waals surface area contributed by atoms with Crippen molar-refractivity contribution in [2.24, 2.45) is 5.41 Å². The van der Waals surface area contributed by atoms with Crippen molar-refractivity contribution in [3.05, 3.63) is 34.3 Å². The molecule has 1 amide bonds. The van der Waals surface area contributed by atoms with Gasteiger partial charge in [-0.3, -0.25) is 4.79 Å². The van der Waals surface area contributed by atoms with E-state index in [4.69, 9.17) is 11.6 Å². The van der Waals surface area contributed by atoms with Crippen molar-refractivity contribution < 1.29 is 4.79 Å². The van der Waals surface area contributed by atoms with Crippen LogP contribution in [0.2, 0.25) is 0 Å². The molecule has 1 aromatic carbocycles. The summed E-state index contributed by atoms with van der Waals surface area (Å²) in [6.07, 6.45) is 2.24. The van der Waals surface area contributed by atoms with Gasteiger partial charge in [-0.25, -0.2) is 0 Å². The summed E-state index contributed by atoms with van der Waals surface area (Å²) in [6, 6.07) is 8.54. The van der Waals surface area contributed by atoms with Gasteiger partial charge in [-0.2, -0.15) is 0 Å². The van der Waals surface area contributed by atoms with E-state index in [9.17, 15) is 4.79 Å². The number of benzene rings is 1. The quantitative estimate of drug-likeness (QED) is 0.783. The normalized spacial score (nSPS) is 18.4. The second-order valence-electron chi connectivity index (χ2n) is 6.38. The standard InChI is InChI=1S/C16H21BrClNO/c1-11(19-14(20)15(2,3)10-18)16(8-9-16)12-4-6-13(17)7-5-12/h4-7,11H,8-10H2,1-3H3,(H,19,20). The molecule has 110 valence electrons. The third-order valence-corrected chi connectivity index (χ3v) is 5.53. The maximum absolute atomic E-state index is 12.3. The summed E-state index contributed by atoms with van der Waals surface area (Å²) in [7, 11) is 0. The molecular weight excluding hydrogens is 338 g/mol. The minimum Gasteiger partial charge on any atom is -0.352 e. The van der Waals surface area contributed by atoms with E-state index in [0.717, 1.165) is 17.3 Å². The summed E-state index contributed by atoms with van der Waals surface area (Å²) < 4.78 is 1.08. The van der Waals surface area contributed by atoms with Crippen LogP contribution in [0.4, 0.5) is 0 Å². The maximum Gasteiger partial charge on any atom is 0.227 e. The van der Waals surface area contributed by atoms with Crippen LogP contribution in [0.1, 0.15) is 39.2 Å². The average molecular weight is 359 g/mol. The van der Waals surface area contributed by atoms with E-state index in [1.54, 1.807) is 0 Å². The molecule has 0 aromatic heterocycles. The molecule has 0 radical (unpaired) electrons. The number of nitrogens with one attached hydrogen (secondary N) is 1. The minimum atomic E-state index is -0.522. The Balaban J connectivity index is 2.11. The van der Waals surface area contributed by atoms with Crippen molar-refractivity contribution >= 4 is 33.4 Å². The van der Waals surface area contributed by atoms with Crippen molar-refractivity contribution in [3.8, 4) is 0 Å². The van der Waals surface area contributed by atoms with Gasteiger partial charge in [0.2, 0.25) is 5.91 Å². The summed E-state index contributed by atoms with van der Waals surface area (Å²) in [5.41, 5.74) is 0.877. The molecule has 2 rings (SSSR count). The van der Waals surface area contributed by atoms with Crippen molar-refractivity contribution in [3.63, 3.8) is 0 Å². The molecule has 0 bridgehead atoms. The number of carbonyl (C=O) groups is 1. The second-order valence-corrected chi connectivity index (χ2v) is 7.56. The monoisotopic (exact) mass is 357 g/mol. The predicted octanol–water partition coefficient (Wildman–Crippen LogP) is 4.25. The summed E-state index contributed by atoms with van der Waals surface area (Å²) in [4.78, 5) is 12.3. The zero-order valence-electron chi connectivity index (χ0n) is 12.2. The first-order valence-electron chi connectivity index (χ1n) is 6.95. The molecule has 1 atom stereocenters. The molecule has 1 aliphatic carbocycles. The van der Waals surface area contributed by atoms with E-state index in [1.165, 1.54) is 5.56 Å². The van der Waals surface area contributed by atoms with Gasteiger partial charge in [0, 0.05) is 21.8 Å². The van der Waals surface area contributed by atoms with Gasteiger partial charge in [-0.05, 0) is 51.3 Å². The van der Waals surface area contributed by atoms with Crippen LogP contribution in [-0.4, -0.2) is 17.8 Å². The summed E-state index contributed by atoms with van der Waals surface area (Å²) in [6.45, 7) is 5.85. The van der Waals surface area contributed by atoms with Crippen molar-refractivity contribution in [2.45, 2.75) is 45.1 Å². The van der Waals surface area contributed by atoms with Gasteiger partial charge in [-0.1, -0.05) is 28.1 Å².